The first-order valence-electron chi connectivity index (χ1n) is 11.1. The molecule has 0 saturated heterocycles. The SMILES string of the molecule is C#C.CC.CC(=O)CCC(C)C.CCC.CNC(=O)c1cc(-c2ccc(Cl)cc2)oc1C. The van der Waals surface area contributed by atoms with Crippen molar-refractivity contribution in [1.29, 1.82) is 0 Å². The summed E-state index contributed by atoms with van der Waals surface area (Å²) in [5.74, 6) is 2.09. The molecule has 2 aromatic rings. The van der Waals surface area contributed by atoms with Crippen molar-refractivity contribution in [1.82, 2.24) is 5.32 Å². The summed E-state index contributed by atoms with van der Waals surface area (Å²) in [5, 5.41) is 3.25. The molecule has 0 bridgehead atoms. The number of halogens is 1. The first-order valence-corrected chi connectivity index (χ1v) is 11.4. The largest absolute Gasteiger partial charge is 0.461 e. The molecule has 32 heavy (non-hydrogen) atoms. The van der Waals surface area contributed by atoms with E-state index in [0.29, 0.717) is 33.8 Å². The average molecular weight is 464 g/mol. The first-order chi connectivity index (χ1) is 15.2. The Labute approximate surface area is 201 Å². The average Bonchev–Trinajstić information content (AvgIpc) is 3.17. The molecule has 0 atom stereocenters. The zero-order valence-corrected chi connectivity index (χ0v) is 22.1. The Morgan fingerprint density at radius 1 is 1.09 bits per heavy atom. The number of Topliss-reactive ketones (excluding diaryl/α,β-unsaturated/α-hetero) is 1. The monoisotopic (exact) mass is 463 g/mol. The van der Waals surface area contributed by atoms with Crippen molar-refractivity contribution >= 4 is 23.3 Å². The third-order valence-electron chi connectivity index (χ3n) is 3.59. The Morgan fingerprint density at radius 2 is 1.56 bits per heavy atom. The quantitative estimate of drug-likeness (QED) is 0.457. The lowest BCUT2D eigenvalue weighted by Crippen LogP contribution is -2.17. The summed E-state index contributed by atoms with van der Waals surface area (Å²) < 4.78 is 5.56. The molecule has 0 saturated carbocycles. The minimum Gasteiger partial charge on any atom is -0.461 e. The second kappa shape index (κ2) is 21.7. The summed E-state index contributed by atoms with van der Waals surface area (Å²) in [5.41, 5.74) is 1.45. The van der Waals surface area contributed by atoms with Crippen molar-refractivity contribution in [2.45, 2.75) is 74.7 Å². The van der Waals surface area contributed by atoms with Gasteiger partial charge >= 0.3 is 0 Å². The fraction of sp³-hybridized carbons (Fsp3) is 0.481. The van der Waals surface area contributed by atoms with Gasteiger partial charge in [-0.05, 0) is 56.5 Å². The van der Waals surface area contributed by atoms with Gasteiger partial charge in [0.1, 0.15) is 17.3 Å². The van der Waals surface area contributed by atoms with E-state index in [1.807, 2.05) is 26.0 Å². The molecule has 2 rings (SSSR count). The van der Waals surface area contributed by atoms with Crippen molar-refractivity contribution in [3.63, 3.8) is 0 Å². The number of rotatable bonds is 5. The number of aryl methyl sites for hydroxylation is 1. The van der Waals surface area contributed by atoms with E-state index in [-0.39, 0.29) is 5.91 Å². The molecule has 180 valence electrons. The number of furan rings is 1. The molecule has 0 aliphatic heterocycles. The number of benzene rings is 1. The summed E-state index contributed by atoms with van der Waals surface area (Å²) in [7, 11) is 1.59. The van der Waals surface area contributed by atoms with Crippen LogP contribution in [0.15, 0.2) is 34.7 Å². The van der Waals surface area contributed by atoms with Gasteiger partial charge in [0.05, 0.1) is 5.56 Å². The maximum Gasteiger partial charge on any atom is 0.254 e. The van der Waals surface area contributed by atoms with E-state index in [0.717, 1.165) is 18.4 Å². The summed E-state index contributed by atoms with van der Waals surface area (Å²) in [6.07, 6.45) is 11.0. The van der Waals surface area contributed by atoms with Crippen LogP contribution in [-0.4, -0.2) is 18.7 Å². The number of ketones is 1. The number of hydrogen-bond donors (Lipinski definition) is 1. The molecule has 0 unspecified atom stereocenters. The van der Waals surface area contributed by atoms with E-state index in [4.69, 9.17) is 16.0 Å². The summed E-state index contributed by atoms with van der Waals surface area (Å²) in [4.78, 5) is 21.9. The molecule has 4 nitrogen and oxygen atoms in total. The topological polar surface area (TPSA) is 59.3 Å². The van der Waals surface area contributed by atoms with Gasteiger partial charge in [0.15, 0.2) is 0 Å². The Morgan fingerprint density at radius 3 is 1.91 bits per heavy atom. The smallest absolute Gasteiger partial charge is 0.254 e. The maximum absolute atomic E-state index is 11.5. The Balaban J connectivity index is -0.000000472. The van der Waals surface area contributed by atoms with Gasteiger partial charge in [-0.25, -0.2) is 0 Å². The standard InChI is InChI=1S/C13H12ClNO2.C7H14O.C3H8.C2H6.C2H2/c1-8-11(13(16)15-2)7-12(17-8)9-3-5-10(14)6-4-9;1-6(2)4-5-7(3)8;1-3-2;2*1-2/h3-7H,1-2H3,(H,15,16);6H,4-5H2,1-3H3;3H2,1-2H3;1-2H3;1-2H. The maximum atomic E-state index is 11.5. The summed E-state index contributed by atoms with van der Waals surface area (Å²) in [6.45, 7) is 15.9. The van der Waals surface area contributed by atoms with Crippen LogP contribution in [0.4, 0.5) is 0 Å². The zero-order valence-electron chi connectivity index (χ0n) is 21.3. The van der Waals surface area contributed by atoms with Crippen LogP contribution in [0.1, 0.15) is 83.8 Å². The highest BCUT2D eigenvalue weighted by atomic mass is 35.5. The highest BCUT2D eigenvalue weighted by Gasteiger charge is 2.14. The molecule has 0 radical (unpaired) electrons. The first kappa shape index (κ1) is 34.1. The molecule has 1 aromatic carbocycles. The number of terminal acetylenes is 1. The minimum atomic E-state index is -0.147. The third-order valence-corrected chi connectivity index (χ3v) is 3.84. The zero-order chi connectivity index (χ0) is 25.7. The van der Waals surface area contributed by atoms with E-state index >= 15 is 0 Å². The van der Waals surface area contributed by atoms with Crippen molar-refractivity contribution in [2.24, 2.45) is 5.92 Å². The van der Waals surface area contributed by atoms with Gasteiger partial charge in [-0.3, -0.25) is 4.79 Å². The third kappa shape index (κ3) is 16.2. The molecule has 1 aromatic heterocycles. The number of hydrogen-bond acceptors (Lipinski definition) is 3. The molecule has 5 heteroatoms. The van der Waals surface area contributed by atoms with E-state index < -0.39 is 0 Å². The Bertz CT molecular complexity index is 759. The van der Waals surface area contributed by atoms with E-state index in [2.05, 4.69) is 45.9 Å². The van der Waals surface area contributed by atoms with E-state index in [9.17, 15) is 9.59 Å². The van der Waals surface area contributed by atoms with Crippen molar-refractivity contribution < 1.29 is 14.0 Å². The van der Waals surface area contributed by atoms with Crippen molar-refractivity contribution in [2.75, 3.05) is 7.05 Å². The van der Waals surface area contributed by atoms with Crippen LogP contribution in [0, 0.1) is 25.7 Å². The van der Waals surface area contributed by atoms with E-state index in [1.165, 1.54) is 6.42 Å². The predicted octanol–water partition coefficient (Wildman–Crippen LogP) is 7.97. The van der Waals surface area contributed by atoms with Gasteiger partial charge in [-0.15, -0.1) is 12.8 Å². The molecular weight excluding hydrogens is 422 g/mol. The van der Waals surface area contributed by atoms with Crippen LogP contribution in [-0.2, 0) is 4.79 Å². The van der Waals surface area contributed by atoms with Crippen LogP contribution >= 0.6 is 11.6 Å². The summed E-state index contributed by atoms with van der Waals surface area (Å²) >= 11 is 5.81. The molecule has 0 fully saturated rings. The number of carbonyl (C=O) groups excluding carboxylic acids is 2. The highest BCUT2D eigenvalue weighted by Crippen LogP contribution is 2.26. The molecule has 0 aliphatic carbocycles. The van der Waals surface area contributed by atoms with Gasteiger partial charge < -0.3 is 14.5 Å². The lowest BCUT2D eigenvalue weighted by Gasteiger charge is -1.98. The predicted molar refractivity (Wildman–Crippen MR) is 139 cm³/mol. The molecule has 1 heterocycles. The molecule has 1 N–H and O–H groups in total. The van der Waals surface area contributed by atoms with Crippen LogP contribution in [0.25, 0.3) is 11.3 Å². The van der Waals surface area contributed by atoms with Gasteiger partial charge in [0.2, 0.25) is 0 Å². The fourth-order valence-electron chi connectivity index (χ4n) is 2.09. The molecular formula is C27H42ClNO3. The minimum absolute atomic E-state index is 0.147. The van der Waals surface area contributed by atoms with E-state index in [1.54, 1.807) is 39.1 Å². The van der Waals surface area contributed by atoms with Crippen LogP contribution in [0.5, 0.6) is 0 Å². The molecule has 0 aliphatic rings. The Kier molecular flexibility index (Phi) is 23.1. The number of nitrogens with one attached hydrogen (secondary N) is 1. The number of carbonyl (C=O) groups is 2. The van der Waals surface area contributed by atoms with Gasteiger partial charge in [0.25, 0.3) is 5.91 Å². The molecule has 1 amide bonds. The number of amides is 1. The normalized spacial score (nSPS) is 8.78. The van der Waals surface area contributed by atoms with Gasteiger partial charge in [-0.2, -0.15) is 0 Å². The van der Waals surface area contributed by atoms with Crippen molar-refractivity contribution in [3.8, 4) is 24.2 Å². The second-order valence-corrected chi connectivity index (χ2v) is 7.44. The molecule has 0 spiro atoms. The second-order valence-electron chi connectivity index (χ2n) is 7.01. The lowest BCUT2D eigenvalue weighted by molar-refractivity contribution is -0.117. The summed E-state index contributed by atoms with van der Waals surface area (Å²) in [6, 6.07) is 9.02. The van der Waals surface area contributed by atoms with Crippen LogP contribution in [0.2, 0.25) is 5.02 Å². The van der Waals surface area contributed by atoms with Gasteiger partial charge in [0, 0.05) is 24.1 Å². The fourth-order valence-corrected chi connectivity index (χ4v) is 2.22. The van der Waals surface area contributed by atoms with Crippen LogP contribution < -0.4 is 5.32 Å². The lowest BCUT2D eigenvalue weighted by atomic mass is 10.1. The van der Waals surface area contributed by atoms with Crippen molar-refractivity contribution in [3.05, 3.63) is 46.7 Å². The highest BCUT2D eigenvalue weighted by molar-refractivity contribution is 6.30. The van der Waals surface area contributed by atoms with Crippen LogP contribution in [0.3, 0.4) is 0 Å². The Hall–Kier alpha value is -2.51. The van der Waals surface area contributed by atoms with Gasteiger partial charge in [-0.1, -0.05) is 59.6 Å².